The predicted octanol–water partition coefficient (Wildman–Crippen LogP) is 5.27. The van der Waals surface area contributed by atoms with Crippen LogP contribution in [0.2, 0.25) is 5.02 Å². The van der Waals surface area contributed by atoms with E-state index < -0.39 is 47.9 Å². The molecule has 0 saturated heterocycles. The molecule has 314 valence electrons. The van der Waals surface area contributed by atoms with Crippen LogP contribution in [0, 0.1) is 0 Å². The van der Waals surface area contributed by atoms with Gasteiger partial charge in [-0.15, -0.1) is 11.6 Å². The Morgan fingerprint density at radius 1 is 0.763 bits per heavy atom. The van der Waals surface area contributed by atoms with Gasteiger partial charge in [0, 0.05) is 35.5 Å². The Kier molecular flexibility index (Phi) is 18.5. The molecule has 25 heteroatoms. The van der Waals surface area contributed by atoms with Crippen molar-refractivity contribution in [2.45, 2.75) is 15.8 Å². The highest BCUT2D eigenvalue weighted by molar-refractivity contribution is 9.11. The number of carbonyl (C=O) groups excluding carboxylic acids is 2. The van der Waals surface area contributed by atoms with Gasteiger partial charge in [-0.25, -0.2) is 22.3 Å². The van der Waals surface area contributed by atoms with Gasteiger partial charge in [0.2, 0.25) is 0 Å². The molecule has 4 aromatic rings. The highest BCUT2D eigenvalue weighted by atomic mass is 79.9. The number of carbonyl (C=O) groups is 2. The van der Waals surface area contributed by atoms with Crippen molar-refractivity contribution in [2.75, 3.05) is 29.4 Å². The number of aromatic hydroxyl groups is 1. The summed E-state index contributed by atoms with van der Waals surface area (Å²) in [4.78, 5) is 25.0. The first-order valence-electron chi connectivity index (χ1n) is 15.9. The Balaban J connectivity index is 0.00000458. The monoisotopic (exact) mass is 1050 g/mol. The van der Waals surface area contributed by atoms with Crippen molar-refractivity contribution in [1.29, 1.82) is 0 Å². The zero-order chi connectivity index (χ0) is 44.1. The largest absolute Gasteiger partial charge is 0.744 e. The van der Waals surface area contributed by atoms with E-state index in [1.54, 1.807) is 0 Å². The number of hydrogen-bond acceptors (Lipinski definition) is 13. The average molecular weight is 1050 g/mol. The maximum Gasteiger partial charge on any atom is 0.272 e. The van der Waals surface area contributed by atoms with Crippen molar-refractivity contribution in [1.82, 2.24) is 21.6 Å². The second-order valence-corrected chi connectivity index (χ2v) is 16.8. The molecule has 2 amide bonds. The van der Waals surface area contributed by atoms with Crippen molar-refractivity contribution in [2.24, 2.45) is 5.10 Å². The van der Waals surface area contributed by atoms with E-state index in [0.29, 0.717) is 25.2 Å². The molecule has 0 spiro atoms. The van der Waals surface area contributed by atoms with Gasteiger partial charge >= 0.3 is 0 Å². The fraction of sp³-hybridized carbons (Fsp3) is 0.0882. The lowest BCUT2D eigenvalue weighted by Gasteiger charge is -2.19. The fourth-order valence-corrected chi connectivity index (χ4v) is 7.54. The van der Waals surface area contributed by atoms with E-state index in [0.717, 1.165) is 24.3 Å². The molecule has 0 saturated carbocycles. The van der Waals surface area contributed by atoms with Crippen molar-refractivity contribution >= 4 is 157 Å². The standard InChI is InChI=1S/C33H29Br2ClN8O9S4.CH3Cl/c1-37-32(54)40-22-8-4-18(26(14-22)56(48,49)50)2-3-19-5-9-23(15-27(19)57(51,52)53)41-33(55)44-43-31(47)28(39-21-10-6-20(36)7-11-21)30(46)42-38-16-17-12-24(34)29(45)25(35)13-17;1-2/h2-16,28,39,45H,1H3,(H,42,46)(H,43,47)(H2,37,40,54)(H2,41,44,55)(H,48,49,50)(H,51,52,53);1H3/p-2/b3-2+,38-16-;. The molecule has 0 aromatic heterocycles. The first-order chi connectivity index (χ1) is 27.7. The zero-order valence-electron chi connectivity index (χ0n) is 30.0. The summed E-state index contributed by atoms with van der Waals surface area (Å²) in [7, 11) is -8.63. The van der Waals surface area contributed by atoms with E-state index in [-0.39, 0.29) is 38.5 Å². The number of phenols is 1. The third-order valence-corrected chi connectivity index (χ3v) is 10.9. The summed E-state index contributed by atoms with van der Waals surface area (Å²) < 4.78 is 73.5. The van der Waals surface area contributed by atoms with Crippen LogP contribution < -0.4 is 37.5 Å². The number of halogens is 4. The minimum absolute atomic E-state index is 0.0255. The predicted molar refractivity (Wildman–Crippen MR) is 240 cm³/mol. The van der Waals surface area contributed by atoms with E-state index in [4.69, 9.17) is 36.0 Å². The molecule has 0 aliphatic carbocycles. The molecule has 8 N–H and O–H groups in total. The number of rotatable bonds is 12. The number of nitrogens with zero attached hydrogens (tertiary/aromatic N) is 1. The molecule has 0 aliphatic rings. The Morgan fingerprint density at radius 2 is 1.24 bits per heavy atom. The number of thiocarbonyl (C=S) groups is 2. The lowest BCUT2D eigenvalue weighted by atomic mass is 10.1. The maximum atomic E-state index is 13.3. The number of phenolic OH excluding ortho intramolecular Hbond substituents is 1. The summed E-state index contributed by atoms with van der Waals surface area (Å²) in [5.74, 6) is -1.90. The van der Waals surface area contributed by atoms with Gasteiger partial charge in [0.05, 0.1) is 25.0 Å². The first kappa shape index (κ1) is 48.9. The summed E-state index contributed by atoms with van der Waals surface area (Å²) >= 11 is 27.2. The normalized spacial score (nSPS) is 11.8. The highest BCUT2D eigenvalue weighted by Crippen LogP contribution is 2.33. The molecular weight excluding hydrogens is 1020 g/mol. The lowest BCUT2D eigenvalue weighted by Crippen LogP contribution is -2.54. The van der Waals surface area contributed by atoms with Crippen LogP contribution in [0.3, 0.4) is 0 Å². The minimum atomic E-state index is -5.14. The van der Waals surface area contributed by atoms with Crippen LogP contribution in [0.25, 0.3) is 12.2 Å². The van der Waals surface area contributed by atoms with Gasteiger partial charge in [-0.3, -0.25) is 20.4 Å². The molecule has 0 fully saturated rings. The molecule has 59 heavy (non-hydrogen) atoms. The molecule has 0 bridgehead atoms. The number of anilines is 3. The number of benzene rings is 4. The number of hydrazine groups is 1. The van der Waals surface area contributed by atoms with Crippen LogP contribution in [0.1, 0.15) is 16.7 Å². The van der Waals surface area contributed by atoms with Crippen LogP contribution in [-0.4, -0.2) is 78.8 Å². The molecular formula is C34H30Br2Cl2N8O9S4-2. The molecule has 0 radical (unpaired) electrons. The Hall–Kier alpha value is -4.43. The molecule has 4 rings (SSSR count). The summed E-state index contributed by atoms with van der Waals surface area (Å²) in [6, 6.07) is 14.8. The lowest BCUT2D eigenvalue weighted by molar-refractivity contribution is -0.130. The number of alkyl halides is 1. The Bertz CT molecular complexity index is 2490. The van der Waals surface area contributed by atoms with Crippen LogP contribution in [0.4, 0.5) is 17.1 Å². The molecule has 0 aliphatic heterocycles. The third-order valence-electron chi connectivity index (χ3n) is 7.16. The molecule has 1 atom stereocenters. The quantitative estimate of drug-likeness (QED) is 0.0171. The molecule has 4 aromatic carbocycles. The summed E-state index contributed by atoms with van der Waals surface area (Å²) in [5.41, 5.74) is 7.61. The van der Waals surface area contributed by atoms with Crippen molar-refractivity contribution in [3.05, 3.63) is 103 Å². The van der Waals surface area contributed by atoms with Crippen LogP contribution >= 0.6 is 79.5 Å². The van der Waals surface area contributed by atoms with Gasteiger partial charge in [0.15, 0.2) is 16.3 Å². The smallest absolute Gasteiger partial charge is 0.272 e. The second-order valence-electron chi connectivity index (χ2n) is 11.2. The number of hydrogen-bond donors (Lipinski definition) is 8. The zero-order valence-corrected chi connectivity index (χ0v) is 38.0. The van der Waals surface area contributed by atoms with Crippen molar-refractivity contribution < 1.29 is 40.6 Å². The van der Waals surface area contributed by atoms with E-state index in [1.165, 1.54) is 80.3 Å². The topological polar surface area (TPSA) is 265 Å². The van der Waals surface area contributed by atoms with E-state index >= 15 is 0 Å². The summed E-state index contributed by atoms with van der Waals surface area (Å²) in [6.45, 7) is 0. The van der Waals surface area contributed by atoms with Gasteiger partial charge in [-0.1, -0.05) is 35.9 Å². The van der Waals surface area contributed by atoms with E-state index in [9.17, 15) is 40.6 Å². The molecule has 1 unspecified atom stereocenters. The number of amides is 2. The Labute approximate surface area is 376 Å². The third kappa shape index (κ3) is 15.0. The molecule has 17 nitrogen and oxygen atoms in total. The number of nitrogens with one attached hydrogen (secondary N) is 7. The summed E-state index contributed by atoms with van der Waals surface area (Å²) in [6.07, 6.45) is 5.02. The summed E-state index contributed by atoms with van der Waals surface area (Å²) in [5, 5.41) is 24.7. The van der Waals surface area contributed by atoms with E-state index in [1.807, 2.05) is 0 Å². The highest BCUT2D eigenvalue weighted by Gasteiger charge is 2.27. The minimum Gasteiger partial charge on any atom is -0.744 e. The van der Waals surface area contributed by atoms with Gasteiger partial charge in [0.25, 0.3) is 11.8 Å². The fourth-order valence-electron chi connectivity index (χ4n) is 4.52. The SMILES string of the molecule is CCl.CNC(=S)Nc1ccc(/C=C/c2ccc(NC(=S)NNC(=O)C(Nc3ccc(Cl)cc3)C(=O)N/N=C\c3cc(Br)c(O)c(Br)c3)cc2S(=O)(=O)[O-])c(S(=O)(=O)[O-])c1. The van der Waals surface area contributed by atoms with Crippen molar-refractivity contribution in [3.8, 4) is 5.75 Å². The van der Waals surface area contributed by atoms with Crippen molar-refractivity contribution in [3.63, 3.8) is 0 Å². The maximum absolute atomic E-state index is 13.3. The Morgan fingerprint density at radius 3 is 1.71 bits per heavy atom. The van der Waals surface area contributed by atoms with Crippen LogP contribution in [0.15, 0.2) is 96.6 Å². The van der Waals surface area contributed by atoms with Crippen LogP contribution in [-0.2, 0) is 29.8 Å². The number of hydrazone groups is 1. The van der Waals surface area contributed by atoms with Gasteiger partial charge in [-0.2, -0.15) is 5.10 Å². The van der Waals surface area contributed by atoms with Gasteiger partial charge in [0.1, 0.15) is 26.0 Å². The van der Waals surface area contributed by atoms with E-state index in [2.05, 4.69) is 86.1 Å². The molecule has 0 heterocycles. The second kappa shape index (κ2) is 22.3. The van der Waals surface area contributed by atoms with Gasteiger partial charge in [-0.05, 0) is 134 Å². The van der Waals surface area contributed by atoms with Gasteiger partial charge < -0.3 is 35.5 Å². The van der Waals surface area contributed by atoms with Crippen LogP contribution in [0.5, 0.6) is 5.75 Å². The first-order valence-corrected chi connectivity index (χ1v) is 22.2. The average Bonchev–Trinajstić information content (AvgIpc) is 3.18.